The molecule has 0 spiro atoms. The number of hydrogen-bond donors (Lipinski definition) is 1. The molecule has 4 nitrogen and oxygen atoms in total. The smallest absolute Gasteiger partial charge is 0.219 e. The number of likely N-dealkylation sites (tertiary alicyclic amines) is 1. The largest absolute Gasteiger partial charge is 0.343 e. The van der Waals surface area contributed by atoms with Crippen LogP contribution in [0, 0.1) is 5.82 Å². The first-order valence-electron chi connectivity index (χ1n) is 8.63. The SMILES string of the molecule is CC[C@@H](C)N(C(=S)Nc1ccc(F)c(Cl)c1)C1CCN(C(C)=O)CC1. The van der Waals surface area contributed by atoms with Gasteiger partial charge < -0.3 is 15.1 Å². The predicted octanol–water partition coefficient (Wildman–Crippen LogP) is 4.29. The van der Waals surface area contributed by atoms with Crippen LogP contribution in [0.4, 0.5) is 10.1 Å². The van der Waals surface area contributed by atoms with Crippen LogP contribution in [0.3, 0.4) is 0 Å². The Hall–Kier alpha value is -1.40. The van der Waals surface area contributed by atoms with Crippen molar-refractivity contribution >= 4 is 40.5 Å². The van der Waals surface area contributed by atoms with Crippen molar-refractivity contribution in [3.63, 3.8) is 0 Å². The molecule has 25 heavy (non-hydrogen) atoms. The fourth-order valence-corrected chi connectivity index (χ4v) is 3.77. The molecule has 7 heteroatoms. The van der Waals surface area contributed by atoms with Gasteiger partial charge in [-0.3, -0.25) is 4.79 Å². The quantitative estimate of drug-likeness (QED) is 0.784. The first-order valence-corrected chi connectivity index (χ1v) is 9.42. The molecular weight excluding hydrogens is 361 g/mol. The van der Waals surface area contributed by atoms with Crippen molar-refractivity contribution < 1.29 is 9.18 Å². The first-order chi connectivity index (χ1) is 11.8. The van der Waals surface area contributed by atoms with Crippen LogP contribution in [0.5, 0.6) is 0 Å². The van der Waals surface area contributed by atoms with Crippen molar-refractivity contribution in [2.24, 2.45) is 0 Å². The standard InChI is InChI=1S/C18H25ClFN3OS/c1-4-12(2)23(15-7-9-22(10-8-15)13(3)24)18(25)21-14-5-6-17(20)16(19)11-14/h5-6,11-12,15H,4,7-10H2,1-3H3,(H,21,25)/t12-/m1/s1. The third kappa shape index (κ3) is 5.05. The van der Waals surface area contributed by atoms with Gasteiger partial charge in [-0.15, -0.1) is 0 Å². The van der Waals surface area contributed by atoms with Crippen LogP contribution < -0.4 is 5.32 Å². The summed E-state index contributed by atoms with van der Waals surface area (Å²) in [6.45, 7) is 7.37. The Kier molecular flexibility index (Phi) is 7.02. The molecule has 0 unspecified atom stereocenters. The lowest BCUT2D eigenvalue weighted by atomic mass is 10.0. The van der Waals surface area contributed by atoms with Crippen LogP contribution in [0.1, 0.15) is 40.0 Å². The van der Waals surface area contributed by atoms with Gasteiger partial charge in [-0.2, -0.15) is 0 Å². The summed E-state index contributed by atoms with van der Waals surface area (Å²) in [6, 6.07) is 5.04. The Balaban J connectivity index is 2.10. The molecule has 1 aliphatic rings. The molecule has 1 amide bonds. The summed E-state index contributed by atoms with van der Waals surface area (Å²) < 4.78 is 13.3. The van der Waals surface area contributed by atoms with Crippen molar-refractivity contribution in [1.82, 2.24) is 9.80 Å². The molecule has 0 saturated carbocycles. The molecule has 1 heterocycles. The van der Waals surface area contributed by atoms with Gasteiger partial charge in [0.05, 0.1) is 5.02 Å². The van der Waals surface area contributed by atoms with Gasteiger partial charge in [0.2, 0.25) is 5.91 Å². The molecule has 0 radical (unpaired) electrons. The van der Waals surface area contributed by atoms with E-state index in [0.717, 1.165) is 32.4 Å². The van der Waals surface area contributed by atoms with Gasteiger partial charge in [0.15, 0.2) is 5.11 Å². The van der Waals surface area contributed by atoms with E-state index in [9.17, 15) is 9.18 Å². The molecule has 1 N–H and O–H groups in total. The molecule has 138 valence electrons. The number of rotatable bonds is 4. The maximum atomic E-state index is 13.3. The Morgan fingerprint density at radius 2 is 2.12 bits per heavy atom. The number of amides is 1. The number of piperidine rings is 1. The lowest BCUT2D eigenvalue weighted by Gasteiger charge is -2.42. The summed E-state index contributed by atoms with van der Waals surface area (Å²) in [4.78, 5) is 15.6. The molecule has 1 saturated heterocycles. The topological polar surface area (TPSA) is 35.6 Å². The number of benzene rings is 1. The number of halogens is 2. The number of nitrogens with zero attached hydrogens (tertiary/aromatic N) is 2. The summed E-state index contributed by atoms with van der Waals surface area (Å²) in [7, 11) is 0. The van der Waals surface area contributed by atoms with Crippen LogP contribution in [-0.4, -0.2) is 46.0 Å². The average molecular weight is 386 g/mol. The van der Waals surface area contributed by atoms with Gasteiger partial charge >= 0.3 is 0 Å². The van der Waals surface area contributed by atoms with E-state index in [1.807, 2.05) is 4.90 Å². The Bertz CT molecular complexity index is 635. The lowest BCUT2D eigenvalue weighted by molar-refractivity contribution is -0.130. The minimum atomic E-state index is -0.450. The average Bonchev–Trinajstić information content (AvgIpc) is 2.58. The lowest BCUT2D eigenvalue weighted by Crippen LogP contribution is -2.52. The third-order valence-electron chi connectivity index (χ3n) is 4.77. The highest BCUT2D eigenvalue weighted by molar-refractivity contribution is 7.80. The van der Waals surface area contributed by atoms with E-state index in [0.29, 0.717) is 10.8 Å². The van der Waals surface area contributed by atoms with Crippen molar-refractivity contribution in [3.05, 3.63) is 29.0 Å². The highest BCUT2D eigenvalue weighted by Gasteiger charge is 2.29. The Morgan fingerprint density at radius 3 is 2.64 bits per heavy atom. The second-order valence-corrected chi connectivity index (χ2v) is 7.25. The van der Waals surface area contributed by atoms with Gasteiger partial charge in [0, 0.05) is 37.8 Å². The van der Waals surface area contributed by atoms with E-state index in [1.54, 1.807) is 13.0 Å². The van der Waals surface area contributed by atoms with Crippen LogP contribution in [0.15, 0.2) is 18.2 Å². The summed E-state index contributed by atoms with van der Waals surface area (Å²) in [6.07, 6.45) is 2.73. The number of thiocarbonyl (C=S) groups is 1. The molecule has 1 fully saturated rings. The van der Waals surface area contributed by atoms with Crippen molar-refractivity contribution in [2.75, 3.05) is 18.4 Å². The van der Waals surface area contributed by atoms with Gasteiger partial charge in [-0.25, -0.2) is 4.39 Å². The van der Waals surface area contributed by atoms with E-state index in [1.165, 1.54) is 12.1 Å². The molecule has 1 atom stereocenters. The number of hydrogen-bond acceptors (Lipinski definition) is 2. The van der Waals surface area contributed by atoms with Gasteiger partial charge in [0.25, 0.3) is 0 Å². The molecule has 0 aliphatic carbocycles. The van der Waals surface area contributed by atoms with Crippen molar-refractivity contribution in [1.29, 1.82) is 0 Å². The predicted molar refractivity (Wildman–Crippen MR) is 104 cm³/mol. The van der Waals surface area contributed by atoms with E-state index < -0.39 is 5.82 Å². The number of anilines is 1. The van der Waals surface area contributed by atoms with Crippen LogP contribution in [-0.2, 0) is 4.79 Å². The maximum Gasteiger partial charge on any atom is 0.219 e. The fourth-order valence-electron chi connectivity index (χ4n) is 3.14. The zero-order chi connectivity index (χ0) is 18.6. The molecule has 1 aromatic rings. The molecule has 0 aromatic heterocycles. The van der Waals surface area contributed by atoms with E-state index in [2.05, 4.69) is 24.1 Å². The summed E-state index contributed by atoms with van der Waals surface area (Å²) in [5, 5.41) is 3.86. The van der Waals surface area contributed by atoms with E-state index in [4.69, 9.17) is 23.8 Å². The van der Waals surface area contributed by atoms with Crippen molar-refractivity contribution in [3.8, 4) is 0 Å². The summed E-state index contributed by atoms with van der Waals surface area (Å²) in [5.74, 6) is -0.330. The highest BCUT2D eigenvalue weighted by atomic mass is 35.5. The highest BCUT2D eigenvalue weighted by Crippen LogP contribution is 2.24. The number of nitrogens with one attached hydrogen (secondary N) is 1. The fraction of sp³-hybridized carbons (Fsp3) is 0.556. The first kappa shape index (κ1) is 19.9. The van der Waals surface area contributed by atoms with Crippen molar-refractivity contribution in [2.45, 2.75) is 52.1 Å². The number of carbonyl (C=O) groups excluding carboxylic acids is 1. The molecule has 1 aromatic carbocycles. The minimum Gasteiger partial charge on any atom is -0.343 e. The Labute approximate surface area is 159 Å². The second-order valence-electron chi connectivity index (χ2n) is 6.46. The monoisotopic (exact) mass is 385 g/mol. The van der Waals surface area contributed by atoms with Gasteiger partial charge in [-0.05, 0) is 56.6 Å². The Morgan fingerprint density at radius 1 is 1.48 bits per heavy atom. The minimum absolute atomic E-state index is 0.0673. The summed E-state index contributed by atoms with van der Waals surface area (Å²) in [5.41, 5.74) is 0.672. The van der Waals surface area contributed by atoms with E-state index in [-0.39, 0.29) is 23.0 Å². The summed E-state index contributed by atoms with van der Waals surface area (Å²) >= 11 is 11.5. The van der Waals surface area contributed by atoms with Crippen LogP contribution in [0.2, 0.25) is 5.02 Å². The third-order valence-corrected chi connectivity index (χ3v) is 5.38. The van der Waals surface area contributed by atoms with Crippen LogP contribution in [0.25, 0.3) is 0 Å². The zero-order valence-electron chi connectivity index (χ0n) is 14.9. The van der Waals surface area contributed by atoms with Crippen LogP contribution >= 0.6 is 23.8 Å². The normalized spacial score (nSPS) is 16.4. The zero-order valence-corrected chi connectivity index (χ0v) is 16.5. The number of carbonyl (C=O) groups is 1. The second kappa shape index (κ2) is 8.81. The maximum absolute atomic E-state index is 13.3. The van der Waals surface area contributed by atoms with Gasteiger partial charge in [0.1, 0.15) is 5.82 Å². The van der Waals surface area contributed by atoms with Gasteiger partial charge in [-0.1, -0.05) is 18.5 Å². The molecular formula is C18H25ClFN3OS. The van der Waals surface area contributed by atoms with E-state index >= 15 is 0 Å². The molecule has 1 aliphatic heterocycles. The molecule has 2 rings (SSSR count). The molecule has 0 bridgehead atoms.